The molecule has 1 aliphatic rings. The lowest BCUT2D eigenvalue weighted by Crippen LogP contribution is -2.45. The maximum absolute atomic E-state index is 12.6. The quantitative estimate of drug-likeness (QED) is 0.268. The van der Waals surface area contributed by atoms with E-state index < -0.39 is 24.5 Å². The van der Waals surface area contributed by atoms with Gasteiger partial charge in [0, 0.05) is 12.7 Å². The van der Waals surface area contributed by atoms with Crippen molar-refractivity contribution >= 4 is 22.9 Å². The van der Waals surface area contributed by atoms with E-state index in [-0.39, 0.29) is 24.9 Å². The summed E-state index contributed by atoms with van der Waals surface area (Å²) in [7, 11) is 1.55. The first-order chi connectivity index (χ1) is 15.7. The van der Waals surface area contributed by atoms with Crippen molar-refractivity contribution in [1.82, 2.24) is 25.0 Å². The second-order valence-electron chi connectivity index (χ2n) is 7.10. The van der Waals surface area contributed by atoms with Gasteiger partial charge in [0.15, 0.2) is 23.2 Å². The topological polar surface area (TPSA) is 153 Å². The van der Waals surface area contributed by atoms with E-state index in [0.717, 1.165) is 0 Å². The average molecular weight is 444 g/mol. The Morgan fingerprint density at radius 1 is 1.22 bits per heavy atom. The van der Waals surface area contributed by atoms with Crippen molar-refractivity contribution < 1.29 is 29.3 Å². The van der Waals surface area contributed by atoms with Gasteiger partial charge in [-0.1, -0.05) is 18.2 Å². The molecule has 3 aromatic rings. The molecule has 0 bridgehead atoms. The molecule has 170 valence electrons. The van der Waals surface area contributed by atoms with Crippen LogP contribution in [0, 0.1) is 0 Å². The van der Waals surface area contributed by atoms with E-state index in [4.69, 9.17) is 14.2 Å². The summed E-state index contributed by atoms with van der Waals surface area (Å²) in [5, 5.41) is 22.1. The van der Waals surface area contributed by atoms with E-state index in [2.05, 4.69) is 25.7 Å². The molecule has 1 aliphatic heterocycles. The van der Waals surface area contributed by atoms with Crippen molar-refractivity contribution in [1.29, 1.82) is 0 Å². The Hall–Kier alpha value is -3.00. The van der Waals surface area contributed by atoms with Crippen LogP contribution < -0.4 is 10.8 Å². The first kappa shape index (κ1) is 22.2. The number of carbonyl (C=O) groups is 1. The summed E-state index contributed by atoms with van der Waals surface area (Å²) in [5.41, 5.74) is 3.39. The minimum Gasteiger partial charge on any atom is -0.394 e. The summed E-state index contributed by atoms with van der Waals surface area (Å²) >= 11 is 0. The number of amides is 1. The number of methoxy groups -OCH3 is 1. The molecule has 4 atom stereocenters. The summed E-state index contributed by atoms with van der Waals surface area (Å²) in [6, 6.07) is 8.04. The van der Waals surface area contributed by atoms with Crippen molar-refractivity contribution in [2.24, 2.45) is 0 Å². The Morgan fingerprint density at radius 2 is 2.03 bits per heavy atom. The predicted molar refractivity (Wildman–Crippen MR) is 111 cm³/mol. The summed E-state index contributed by atoms with van der Waals surface area (Å²) in [6.07, 6.45) is 0.632. The first-order valence-electron chi connectivity index (χ1n) is 9.98. The molecule has 32 heavy (non-hydrogen) atoms. The Labute approximate surface area is 183 Å². The van der Waals surface area contributed by atoms with Crippen LogP contribution in [0.15, 0.2) is 43.0 Å². The van der Waals surface area contributed by atoms with Crippen LogP contribution >= 0.6 is 0 Å². The number of aromatic nitrogens is 4. The maximum Gasteiger partial charge on any atom is 0.256 e. The van der Waals surface area contributed by atoms with Crippen LogP contribution in [-0.2, 0) is 14.2 Å². The number of hydrogen-bond donors (Lipinski definition) is 4. The van der Waals surface area contributed by atoms with Crippen LogP contribution in [-0.4, -0.2) is 80.9 Å². The fraction of sp³-hybridized carbons (Fsp3) is 0.400. The second kappa shape index (κ2) is 10.1. The maximum atomic E-state index is 12.6. The number of imidazole rings is 1. The largest absolute Gasteiger partial charge is 0.394 e. The normalized spacial score (nSPS) is 23.0. The highest BCUT2D eigenvalue weighted by atomic mass is 16.6. The minimum absolute atomic E-state index is 0.244. The number of fused-ring (bicyclic) bond motifs is 1. The molecule has 0 saturated carbocycles. The molecule has 2 aromatic heterocycles. The number of hydrogen-bond acceptors (Lipinski definition) is 10. The predicted octanol–water partition coefficient (Wildman–Crippen LogP) is 0.347. The Bertz CT molecular complexity index is 1050. The number of hydroxylamine groups is 1. The van der Waals surface area contributed by atoms with E-state index in [1.54, 1.807) is 35.9 Å². The molecule has 1 aromatic carbocycles. The van der Waals surface area contributed by atoms with E-state index >= 15 is 0 Å². The van der Waals surface area contributed by atoms with Gasteiger partial charge in [-0.3, -0.25) is 9.36 Å². The van der Waals surface area contributed by atoms with Gasteiger partial charge < -0.3 is 29.8 Å². The zero-order chi connectivity index (χ0) is 22.5. The van der Waals surface area contributed by atoms with Crippen LogP contribution in [0.5, 0.6) is 0 Å². The van der Waals surface area contributed by atoms with E-state index in [1.165, 1.54) is 12.7 Å². The third kappa shape index (κ3) is 4.32. The van der Waals surface area contributed by atoms with Crippen LogP contribution in [0.3, 0.4) is 0 Å². The fourth-order valence-electron chi connectivity index (χ4n) is 3.62. The zero-order valence-electron chi connectivity index (χ0n) is 17.3. The minimum atomic E-state index is -0.758. The number of anilines is 1. The van der Waals surface area contributed by atoms with Crippen LogP contribution in [0.2, 0.25) is 0 Å². The Balaban J connectivity index is 1.64. The monoisotopic (exact) mass is 444 g/mol. The molecular weight excluding hydrogens is 420 g/mol. The fourth-order valence-corrected chi connectivity index (χ4v) is 3.62. The molecule has 1 saturated heterocycles. The molecule has 4 N–H and O–H groups in total. The first-order valence-corrected chi connectivity index (χ1v) is 9.98. The van der Waals surface area contributed by atoms with Gasteiger partial charge in [0.05, 0.1) is 32.2 Å². The Morgan fingerprint density at radius 3 is 2.75 bits per heavy atom. The molecule has 3 heterocycles. The highest BCUT2D eigenvalue weighted by molar-refractivity contribution is 6.06. The van der Waals surface area contributed by atoms with Gasteiger partial charge in [-0.25, -0.2) is 15.0 Å². The van der Waals surface area contributed by atoms with Crippen molar-refractivity contribution in [3.05, 3.63) is 48.5 Å². The second-order valence-corrected chi connectivity index (χ2v) is 7.10. The number of nitrogens with zero attached hydrogens (tertiary/aromatic N) is 4. The standard InChI is InChI=1S/C20H24N6O6/c1-30-7-8-31-16-14(25-29)13(9-27)32-20(16)26-11-23-15-17(21-10-22-18(15)26)24-19(28)12-5-3-2-4-6-12/h2-6,10-11,13-14,16,20,25,27,29H,7-9H2,1H3,(H,21,22,24,28)/t13-,14-,16-,20-/m1/s1. The third-order valence-corrected chi connectivity index (χ3v) is 5.18. The summed E-state index contributed by atoms with van der Waals surface area (Å²) < 4.78 is 18.5. The SMILES string of the molecule is COCCO[C@@H]1[C@H](NO)[C@@H](CO)O[C@H]1n1cnc2c(NC(=O)c3ccccc3)ncnc21. The number of rotatable bonds is 9. The summed E-state index contributed by atoms with van der Waals surface area (Å²) in [5.74, 6) is -0.0871. The molecule has 0 aliphatic carbocycles. The zero-order valence-corrected chi connectivity index (χ0v) is 17.3. The highest BCUT2D eigenvalue weighted by Crippen LogP contribution is 2.34. The molecule has 1 amide bonds. The third-order valence-electron chi connectivity index (χ3n) is 5.18. The number of aliphatic hydroxyl groups is 1. The van der Waals surface area contributed by atoms with Gasteiger partial charge in [-0.15, -0.1) is 0 Å². The van der Waals surface area contributed by atoms with Crippen LogP contribution in [0.4, 0.5) is 5.82 Å². The van der Waals surface area contributed by atoms with Crippen molar-refractivity contribution in [3.8, 4) is 0 Å². The van der Waals surface area contributed by atoms with Crippen molar-refractivity contribution in [3.63, 3.8) is 0 Å². The van der Waals surface area contributed by atoms with Gasteiger partial charge in [0.2, 0.25) is 0 Å². The molecule has 0 unspecified atom stereocenters. The molecule has 4 rings (SSSR count). The van der Waals surface area contributed by atoms with E-state index in [9.17, 15) is 15.1 Å². The van der Waals surface area contributed by atoms with Gasteiger partial charge >= 0.3 is 0 Å². The molecule has 1 fully saturated rings. The number of ether oxygens (including phenoxy) is 3. The molecule has 0 spiro atoms. The Kier molecular flexibility index (Phi) is 6.99. The molecule has 0 radical (unpaired) electrons. The van der Waals surface area contributed by atoms with Crippen LogP contribution in [0.25, 0.3) is 11.2 Å². The average Bonchev–Trinajstić information content (AvgIpc) is 3.41. The summed E-state index contributed by atoms with van der Waals surface area (Å²) in [4.78, 5) is 25.4. The van der Waals surface area contributed by atoms with Gasteiger partial charge in [0.25, 0.3) is 5.91 Å². The lowest BCUT2D eigenvalue weighted by Gasteiger charge is -2.23. The molecule has 12 nitrogen and oxygen atoms in total. The number of aliphatic hydroxyl groups excluding tert-OH is 1. The smallest absolute Gasteiger partial charge is 0.256 e. The lowest BCUT2D eigenvalue weighted by atomic mass is 10.1. The van der Waals surface area contributed by atoms with Gasteiger partial charge in [0.1, 0.15) is 18.5 Å². The number of benzene rings is 1. The van der Waals surface area contributed by atoms with Crippen molar-refractivity contribution in [2.45, 2.75) is 24.5 Å². The molecular formula is C20H24N6O6. The van der Waals surface area contributed by atoms with Gasteiger partial charge in [-0.2, -0.15) is 5.48 Å². The van der Waals surface area contributed by atoms with Gasteiger partial charge in [-0.05, 0) is 12.1 Å². The van der Waals surface area contributed by atoms with E-state index in [0.29, 0.717) is 23.3 Å². The van der Waals surface area contributed by atoms with Crippen molar-refractivity contribution in [2.75, 3.05) is 32.2 Å². The highest BCUT2D eigenvalue weighted by Gasteiger charge is 2.46. The van der Waals surface area contributed by atoms with Crippen LogP contribution in [0.1, 0.15) is 16.6 Å². The molecule has 12 heteroatoms. The number of carbonyl (C=O) groups excluding carboxylic acids is 1. The summed E-state index contributed by atoms with van der Waals surface area (Å²) in [6.45, 7) is 0.254. The van der Waals surface area contributed by atoms with E-state index in [1.807, 2.05) is 6.07 Å². The lowest BCUT2D eigenvalue weighted by molar-refractivity contribution is -0.0764. The number of nitrogens with one attached hydrogen (secondary N) is 2.